The Labute approximate surface area is 134 Å². The van der Waals surface area contributed by atoms with Crippen LogP contribution >= 0.6 is 0 Å². The first kappa shape index (κ1) is 15.5. The van der Waals surface area contributed by atoms with Gasteiger partial charge in [-0.1, -0.05) is 5.16 Å². The molecule has 122 valence electrons. The van der Waals surface area contributed by atoms with Crippen LogP contribution in [-0.4, -0.2) is 38.3 Å². The number of amides is 1. The summed E-state index contributed by atoms with van der Waals surface area (Å²) in [6.07, 6.45) is 3.75. The molecule has 7 nitrogen and oxygen atoms in total. The molecule has 3 rings (SSSR count). The summed E-state index contributed by atoms with van der Waals surface area (Å²) in [6, 6.07) is 1.68. The molecule has 0 radical (unpaired) electrons. The first-order valence-corrected chi connectivity index (χ1v) is 7.59. The van der Waals surface area contributed by atoms with Crippen molar-refractivity contribution in [1.29, 1.82) is 0 Å². The van der Waals surface area contributed by atoms with Crippen molar-refractivity contribution in [3.8, 4) is 11.4 Å². The molecule has 0 N–H and O–H groups in total. The van der Waals surface area contributed by atoms with Gasteiger partial charge in [0.05, 0.1) is 11.7 Å². The van der Waals surface area contributed by atoms with E-state index in [0.29, 0.717) is 23.7 Å². The minimum atomic E-state index is -0.513. The molecule has 1 aliphatic heterocycles. The molecule has 1 unspecified atom stereocenters. The highest BCUT2D eigenvalue weighted by atomic mass is 16.6. The molecule has 0 saturated carbocycles. The van der Waals surface area contributed by atoms with Gasteiger partial charge in [-0.05, 0) is 34.1 Å². The van der Waals surface area contributed by atoms with E-state index in [4.69, 9.17) is 9.26 Å². The van der Waals surface area contributed by atoms with Crippen LogP contribution in [0.25, 0.3) is 11.4 Å². The van der Waals surface area contributed by atoms with Crippen LogP contribution in [0.3, 0.4) is 0 Å². The quantitative estimate of drug-likeness (QED) is 0.846. The summed E-state index contributed by atoms with van der Waals surface area (Å²) < 4.78 is 10.8. The van der Waals surface area contributed by atoms with Crippen molar-refractivity contribution in [2.24, 2.45) is 0 Å². The summed E-state index contributed by atoms with van der Waals surface area (Å²) in [5.41, 5.74) is 1.58. The van der Waals surface area contributed by atoms with Crippen molar-refractivity contribution >= 4 is 6.09 Å². The zero-order valence-electron chi connectivity index (χ0n) is 13.7. The number of hydrogen-bond acceptors (Lipinski definition) is 6. The largest absolute Gasteiger partial charge is 0.444 e. The monoisotopic (exact) mass is 316 g/mol. The lowest BCUT2D eigenvalue weighted by atomic mass is 10.0. The second-order valence-electron chi connectivity index (χ2n) is 6.58. The summed E-state index contributed by atoms with van der Waals surface area (Å²) in [6.45, 7) is 8.07. The molecule has 1 amide bonds. The van der Waals surface area contributed by atoms with E-state index in [0.717, 1.165) is 12.1 Å². The lowest BCUT2D eigenvalue weighted by Gasteiger charge is -2.39. The van der Waals surface area contributed by atoms with Gasteiger partial charge in [0.1, 0.15) is 17.0 Å². The van der Waals surface area contributed by atoms with Crippen LogP contribution in [0, 0.1) is 6.92 Å². The van der Waals surface area contributed by atoms with Crippen LogP contribution in [0.4, 0.5) is 4.79 Å². The Morgan fingerprint density at radius 2 is 2.09 bits per heavy atom. The summed E-state index contributed by atoms with van der Waals surface area (Å²) >= 11 is 0. The molecule has 7 heteroatoms. The number of nitrogens with zero attached hydrogens (tertiary/aromatic N) is 4. The van der Waals surface area contributed by atoms with Gasteiger partial charge in [0.15, 0.2) is 5.76 Å². The Hall–Kier alpha value is -2.44. The molecular weight excluding hydrogens is 296 g/mol. The third-order valence-corrected chi connectivity index (χ3v) is 3.63. The number of hydrogen-bond donors (Lipinski definition) is 0. The molecule has 1 atom stereocenters. The van der Waals surface area contributed by atoms with Gasteiger partial charge in [-0.25, -0.2) is 4.79 Å². The van der Waals surface area contributed by atoms with Crippen molar-refractivity contribution in [2.45, 2.75) is 45.8 Å². The SMILES string of the molecule is Cc1nccnc1-c1cc(C2CCN2C(=O)OC(C)(C)C)on1. The van der Waals surface area contributed by atoms with Crippen LogP contribution in [0.1, 0.15) is 44.7 Å². The maximum atomic E-state index is 12.2. The number of likely N-dealkylation sites (tertiary alicyclic amines) is 1. The molecule has 1 saturated heterocycles. The predicted molar refractivity (Wildman–Crippen MR) is 82.6 cm³/mol. The topological polar surface area (TPSA) is 81.4 Å². The zero-order chi connectivity index (χ0) is 16.6. The second-order valence-corrected chi connectivity index (χ2v) is 6.58. The highest BCUT2D eigenvalue weighted by molar-refractivity contribution is 5.70. The summed E-state index contributed by atoms with van der Waals surface area (Å²) in [7, 11) is 0. The molecule has 0 bridgehead atoms. The van der Waals surface area contributed by atoms with Crippen molar-refractivity contribution in [3.63, 3.8) is 0 Å². The molecule has 0 aromatic carbocycles. The third kappa shape index (κ3) is 3.18. The standard InChI is InChI=1S/C16H20N4O3/c1-10-14(18-7-6-17-10)11-9-13(23-19-11)12-5-8-20(12)15(21)22-16(2,3)4/h6-7,9,12H,5,8H2,1-4H3. The summed E-state index contributed by atoms with van der Waals surface area (Å²) in [5.74, 6) is 0.641. The maximum absolute atomic E-state index is 12.2. The second kappa shape index (κ2) is 5.64. The number of ether oxygens (including phenoxy) is 1. The van der Waals surface area contributed by atoms with E-state index in [1.807, 2.05) is 33.8 Å². The zero-order valence-corrected chi connectivity index (χ0v) is 13.7. The number of aryl methyl sites for hydroxylation is 1. The normalized spacial score (nSPS) is 17.7. The van der Waals surface area contributed by atoms with Gasteiger partial charge >= 0.3 is 6.09 Å². The van der Waals surface area contributed by atoms with Gasteiger partial charge in [-0.2, -0.15) is 0 Å². The molecule has 23 heavy (non-hydrogen) atoms. The van der Waals surface area contributed by atoms with Crippen LogP contribution in [-0.2, 0) is 4.74 Å². The maximum Gasteiger partial charge on any atom is 0.410 e. The Bertz CT molecular complexity index is 720. The Morgan fingerprint density at radius 3 is 2.70 bits per heavy atom. The third-order valence-electron chi connectivity index (χ3n) is 3.63. The molecule has 0 spiro atoms. The van der Waals surface area contributed by atoms with Crippen molar-refractivity contribution in [3.05, 3.63) is 29.9 Å². The Morgan fingerprint density at radius 1 is 1.35 bits per heavy atom. The average molecular weight is 316 g/mol. The predicted octanol–water partition coefficient (Wildman–Crippen LogP) is 3.12. The molecule has 1 aliphatic rings. The number of rotatable bonds is 2. The van der Waals surface area contributed by atoms with E-state index < -0.39 is 5.60 Å². The fraction of sp³-hybridized carbons (Fsp3) is 0.500. The molecule has 2 aromatic heterocycles. The van der Waals surface area contributed by atoms with Crippen LogP contribution in [0.15, 0.2) is 23.0 Å². The first-order chi connectivity index (χ1) is 10.8. The Balaban J connectivity index is 1.76. The average Bonchev–Trinajstić information content (AvgIpc) is 2.84. The van der Waals surface area contributed by atoms with E-state index in [1.54, 1.807) is 17.3 Å². The van der Waals surface area contributed by atoms with E-state index in [-0.39, 0.29) is 12.1 Å². The molecule has 3 heterocycles. The van der Waals surface area contributed by atoms with E-state index in [2.05, 4.69) is 15.1 Å². The van der Waals surface area contributed by atoms with E-state index in [9.17, 15) is 4.79 Å². The van der Waals surface area contributed by atoms with Gasteiger partial charge < -0.3 is 9.26 Å². The Kier molecular flexibility index (Phi) is 3.79. The summed E-state index contributed by atoms with van der Waals surface area (Å²) in [5, 5.41) is 4.06. The fourth-order valence-corrected chi connectivity index (χ4v) is 2.44. The molecule has 0 aliphatic carbocycles. The van der Waals surface area contributed by atoms with Crippen LogP contribution in [0.5, 0.6) is 0 Å². The smallest absolute Gasteiger partial charge is 0.410 e. The highest BCUT2D eigenvalue weighted by Crippen LogP contribution is 2.36. The van der Waals surface area contributed by atoms with Crippen LogP contribution in [0.2, 0.25) is 0 Å². The number of carbonyl (C=O) groups excluding carboxylic acids is 1. The minimum Gasteiger partial charge on any atom is -0.444 e. The van der Waals surface area contributed by atoms with Crippen molar-refractivity contribution < 1.29 is 14.1 Å². The summed E-state index contributed by atoms with van der Waals surface area (Å²) in [4.78, 5) is 22.3. The van der Waals surface area contributed by atoms with E-state index >= 15 is 0 Å². The lowest BCUT2D eigenvalue weighted by Crippen LogP contribution is -2.47. The lowest BCUT2D eigenvalue weighted by molar-refractivity contribution is -0.0108. The van der Waals surface area contributed by atoms with Crippen molar-refractivity contribution in [2.75, 3.05) is 6.54 Å². The van der Waals surface area contributed by atoms with E-state index in [1.165, 1.54) is 0 Å². The van der Waals surface area contributed by atoms with Gasteiger partial charge in [0, 0.05) is 25.0 Å². The van der Waals surface area contributed by atoms with Crippen LogP contribution < -0.4 is 0 Å². The minimum absolute atomic E-state index is 0.136. The molecule has 2 aromatic rings. The fourth-order valence-electron chi connectivity index (χ4n) is 2.44. The van der Waals surface area contributed by atoms with Gasteiger partial charge in [-0.3, -0.25) is 14.9 Å². The van der Waals surface area contributed by atoms with Gasteiger partial charge in [0.25, 0.3) is 0 Å². The number of carbonyl (C=O) groups is 1. The van der Waals surface area contributed by atoms with Gasteiger partial charge in [-0.15, -0.1) is 0 Å². The molecule has 1 fully saturated rings. The highest BCUT2D eigenvalue weighted by Gasteiger charge is 2.38. The van der Waals surface area contributed by atoms with Gasteiger partial charge in [0.2, 0.25) is 0 Å². The molecular formula is C16H20N4O3. The number of aromatic nitrogens is 3. The first-order valence-electron chi connectivity index (χ1n) is 7.59. The van der Waals surface area contributed by atoms with Crippen molar-refractivity contribution in [1.82, 2.24) is 20.0 Å².